The number of rotatable bonds is 4. The van der Waals surface area contributed by atoms with Crippen molar-refractivity contribution in [2.45, 2.75) is 12.8 Å². The lowest BCUT2D eigenvalue weighted by molar-refractivity contribution is -0.138. The minimum absolute atomic E-state index is 0.522. The van der Waals surface area contributed by atoms with Gasteiger partial charge in [0.15, 0.2) is 5.76 Å². The molecule has 1 aromatic heterocycles. The van der Waals surface area contributed by atoms with Crippen LogP contribution in [0.5, 0.6) is 0 Å². The van der Waals surface area contributed by atoms with Gasteiger partial charge in [0.2, 0.25) is 5.89 Å². The van der Waals surface area contributed by atoms with Gasteiger partial charge >= 0.3 is 5.97 Å². The van der Waals surface area contributed by atoms with E-state index in [1.807, 2.05) is 42.5 Å². The quantitative estimate of drug-likeness (QED) is 0.783. The van der Waals surface area contributed by atoms with Crippen molar-refractivity contribution in [1.29, 1.82) is 0 Å². The molecule has 0 spiro atoms. The lowest BCUT2D eigenvalue weighted by Crippen LogP contribution is -2.06. The molecule has 0 aliphatic rings. The molecule has 3 rings (SSSR count). The van der Waals surface area contributed by atoms with E-state index < -0.39 is 11.9 Å². The Labute approximate surface area is 128 Å². The Morgan fingerprint density at radius 1 is 1.05 bits per heavy atom. The summed E-state index contributed by atoms with van der Waals surface area (Å²) in [5.74, 6) is -0.138. The molecule has 0 fully saturated rings. The lowest BCUT2D eigenvalue weighted by Gasteiger charge is -2.06. The van der Waals surface area contributed by atoms with E-state index in [2.05, 4.69) is 4.98 Å². The Bertz CT molecular complexity index is 776. The lowest BCUT2D eigenvalue weighted by atomic mass is 10.0. The van der Waals surface area contributed by atoms with Crippen LogP contribution in [0.25, 0.3) is 22.8 Å². The maximum absolute atomic E-state index is 11.0. The summed E-state index contributed by atoms with van der Waals surface area (Å²) in [7, 11) is 0. The molecule has 0 bridgehead atoms. The van der Waals surface area contributed by atoms with E-state index in [1.165, 1.54) is 0 Å². The van der Waals surface area contributed by atoms with Crippen molar-refractivity contribution in [3.05, 3.63) is 66.4 Å². The number of aromatic nitrogens is 1. The first kappa shape index (κ1) is 14.1. The third kappa shape index (κ3) is 2.76. The van der Waals surface area contributed by atoms with Crippen molar-refractivity contribution in [3.8, 4) is 22.8 Å². The predicted molar refractivity (Wildman–Crippen MR) is 83.4 cm³/mol. The molecule has 0 aliphatic carbocycles. The normalized spacial score (nSPS) is 12.0. The zero-order valence-corrected chi connectivity index (χ0v) is 12.1. The maximum Gasteiger partial charge on any atom is 0.310 e. The van der Waals surface area contributed by atoms with Crippen LogP contribution in [-0.2, 0) is 4.79 Å². The maximum atomic E-state index is 11.0. The van der Waals surface area contributed by atoms with Gasteiger partial charge in [0, 0.05) is 11.1 Å². The van der Waals surface area contributed by atoms with Gasteiger partial charge in [0.1, 0.15) is 0 Å². The molecule has 2 aromatic carbocycles. The van der Waals surface area contributed by atoms with Crippen LogP contribution in [0.15, 0.2) is 65.2 Å². The average molecular weight is 293 g/mol. The number of oxazole rings is 1. The van der Waals surface area contributed by atoms with Crippen molar-refractivity contribution in [2.75, 3.05) is 0 Å². The van der Waals surface area contributed by atoms with Crippen LogP contribution in [0.1, 0.15) is 18.4 Å². The molecule has 1 N–H and O–H groups in total. The molecule has 22 heavy (non-hydrogen) atoms. The number of hydrogen-bond acceptors (Lipinski definition) is 3. The second-order valence-electron chi connectivity index (χ2n) is 5.08. The Kier molecular flexibility index (Phi) is 3.74. The molecule has 0 saturated carbocycles. The molecule has 4 nitrogen and oxygen atoms in total. The monoisotopic (exact) mass is 293 g/mol. The summed E-state index contributed by atoms with van der Waals surface area (Å²) >= 11 is 0. The third-order valence-corrected chi connectivity index (χ3v) is 3.59. The zero-order chi connectivity index (χ0) is 15.5. The number of carboxylic acid groups (broad SMARTS) is 1. The van der Waals surface area contributed by atoms with Crippen molar-refractivity contribution < 1.29 is 14.3 Å². The number of hydrogen-bond donors (Lipinski definition) is 1. The minimum Gasteiger partial charge on any atom is -0.481 e. The molecule has 110 valence electrons. The number of aliphatic carboxylic acids is 1. The van der Waals surface area contributed by atoms with Crippen LogP contribution in [-0.4, -0.2) is 16.1 Å². The highest BCUT2D eigenvalue weighted by molar-refractivity contribution is 5.75. The summed E-state index contributed by atoms with van der Waals surface area (Å²) < 4.78 is 5.78. The van der Waals surface area contributed by atoms with E-state index in [1.54, 1.807) is 25.3 Å². The summed E-state index contributed by atoms with van der Waals surface area (Å²) in [6, 6.07) is 17.0. The van der Waals surface area contributed by atoms with Crippen molar-refractivity contribution in [2.24, 2.45) is 0 Å². The molecular formula is C18H15NO3. The molecule has 0 radical (unpaired) electrons. The topological polar surface area (TPSA) is 63.3 Å². The van der Waals surface area contributed by atoms with E-state index >= 15 is 0 Å². The highest BCUT2D eigenvalue weighted by Crippen LogP contribution is 2.27. The highest BCUT2D eigenvalue weighted by atomic mass is 16.4. The van der Waals surface area contributed by atoms with Crippen LogP contribution in [0, 0.1) is 0 Å². The van der Waals surface area contributed by atoms with Gasteiger partial charge in [-0.3, -0.25) is 4.79 Å². The highest BCUT2D eigenvalue weighted by Gasteiger charge is 2.14. The number of nitrogens with zero attached hydrogens (tertiary/aromatic N) is 1. The molecule has 0 saturated heterocycles. The van der Waals surface area contributed by atoms with Crippen LogP contribution >= 0.6 is 0 Å². The third-order valence-electron chi connectivity index (χ3n) is 3.59. The standard InChI is InChI=1S/C18H15NO3/c1-12(18(20)21)13-7-9-15(10-8-13)17-19-11-16(22-17)14-5-3-2-4-6-14/h2-12H,1H3,(H,20,21). The smallest absolute Gasteiger partial charge is 0.310 e. The van der Waals surface area contributed by atoms with Crippen LogP contribution < -0.4 is 0 Å². The summed E-state index contributed by atoms with van der Waals surface area (Å²) in [5.41, 5.74) is 2.55. The molecule has 0 amide bonds. The SMILES string of the molecule is CC(C(=O)O)c1ccc(-c2ncc(-c3ccccc3)o2)cc1. The second kappa shape index (κ2) is 5.85. The fourth-order valence-electron chi connectivity index (χ4n) is 2.20. The first-order chi connectivity index (χ1) is 10.6. The number of benzene rings is 2. The van der Waals surface area contributed by atoms with Crippen LogP contribution in [0.4, 0.5) is 0 Å². The van der Waals surface area contributed by atoms with E-state index in [9.17, 15) is 4.79 Å². The molecule has 4 heteroatoms. The molecular weight excluding hydrogens is 278 g/mol. The van der Waals surface area contributed by atoms with E-state index in [4.69, 9.17) is 9.52 Å². The fourth-order valence-corrected chi connectivity index (χ4v) is 2.20. The van der Waals surface area contributed by atoms with Crippen LogP contribution in [0.2, 0.25) is 0 Å². The van der Waals surface area contributed by atoms with E-state index in [0.29, 0.717) is 11.7 Å². The Hall–Kier alpha value is -2.88. The first-order valence-corrected chi connectivity index (χ1v) is 6.99. The first-order valence-electron chi connectivity index (χ1n) is 6.99. The van der Waals surface area contributed by atoms with Gasteiger partial charge in [-0.2, -0.15) is 0 Å². The van der Waals surface area contributed by atoms with Gasteiger partial charge in [0.05, 0.1) is 12.1 Å². The summed E-state index contributed by atoms with van der Waals surface area (Å²) in [6.45, 7) is 1.66. The molecule has 3 aromatic rings. The largest absolute Gasteiger partial charge is 0.481 e. The van der Waals surface area contributed by atoms with Gasteiger partial charge in [0.25, 0.3) is 0 Å². The molecule has 1 unspecified atom stereocenters. The van der Waals surface area contributed by atoms with Gasteiger partial charge in [-0.15, -0.1) is 0 Å². The van der Waals surface area contributed by atoms with Gasteiger partial charge in [-0.05, 0) is 24.6 Å². The number of carbonyl (C=O) groups is 1. The van der Waals surface area contributed by atoms with E-state index in [0.717, 1.165) is 16.7 Å². The zero-order valence-electron chi connectivity index (χ0n) is 12.1. The molecule has 0 aliphatic heterocycles. The Morgan fingerprint density at radius 2 is 1.73 bits per heavy atom. The summed E-state index contributed by atoms with van der Waals surface area (Å²) in [6.07, 6.45) is 1.69. The van der Waals surface area contributed by atoms with Gasteiger partial charge in [-0.1, -0.05) is 42.5 Å². The van der Waals surface area contributed by atoms with Crippen LogP contribution in [0.3, 0.4) is 0 Å². The second-order valence-corrected chi connectivity index (χ2v) is 5.08. The van der Waals surface area contributed by atoms with Crippen molar-refractivity contribution >= 4 is 5.97 Å². The number of carboxylic acids is 1. The summed E-state index contributed by atoms with van der Waals surface area (Å²) in [4.78, 5) is 15.3. The molecule has 1 heterocycles. The van der Waals surface area contributed by atoms with Gasteiger partial charge in [-0.25, -0.2) is 4.98 Å². The van der Waals surface area contributed by atoms with Crippen molar-refractivity contribution in [1.82, 2.24) is 4.98 Å². The fraction of sp³-hybridized carbons (Fsp3) is 0.111. The minimum atomic E-state index is -0.838. The summed E-state index contributed by atoms with van der Waals surface area (Å²) in [5, 5.41) is 9.02. The predicted octanol–water partition coefficient (Wildman–Crippen LogP) is 4.20. The average Bonchev–Trinajstić information content (AvgIpc) is 3.05. The Morgan fingerprint density at radius 3 is 2.36 bits per heavy atom. The van der Waals surface area contributed by atoms with Gasteiger partial charge < -0.3 is 9.52 Å². The van der Waals surface area contributed by atoms with Crippen molar-refractivity contribution in [3.63, 3.8) is 0 Å². The molecule has 1 atom stereocenters. The Balaban J connectivity index is 1.86. The van der Waals surface area contributed by atoms with E-state index in [-0.39, 0.29) is 0 Å².